The molecular formula is C25H19BrCl2N2O4S. The van der Waals surface area contributed by atoms with Crippen molar-refractivity contribution in [2.24, 2.45) is 0 Å². The highest BCUT2D eigenvalue weighted by Crippen LogP contribution is 2.32. The van der Waals surface area contributed by atoms with Gasteiger partial charge in [-0.3, -0.25) is 0 Å². The minimum absolute atomic E-state index is 0.0538. The molecule has 180 valence electrons. The van der Waals surface area contributed by atoms with E-state index >= 15 is 0 Å². The monoisotopic (exact) mass is 592 g/mol. The van der Waals surface area contributed by atoms with Crippen LogP contribution in [-0.4, -0.2) is 37.3 Å². The quantitative estimate of drug-likeness (QED) is 0.242. The molecule has 0 bridgehead atoms. The summed E-state index contributed by atoms with van der Waals surface area (Å²) in [5.74, 6) is -0.0842. The number of carbonyl (C=O) groups is 1. The fourth-order valence-corrected chi connectivity index (χ4v) is 5.27. The summed E-state index contributed by atoms with van der Waals surface area (Å²) in [5.41, 5.74) is 2.80. The minimum Gasteiger partial charge on any atom is -0.465 e. The van der Waals surface area contributed by atoms with Crippen molar-refractivity contribution in [3.8, 4) is 16.9 Å². The van der Waals surface area contributed by atoms with Gasteiger partial charge in [0.1, 0.15) is 5.82 Å². The second-order valence-electron chi connectivity index (χ2n) is 7.78. The Balaban J connectivity index is 1.90. The Labute approximate surface area is 221 Å². The summed E-state index contributed by atoms with van der Waals surface area (Å²) < 4.78 is 32.1. The average Bonchev–Trinajstić information content (AvgIpc) is 3.22. The molecule has 0 radical (unpaired) electrons. The molecule has 0 aliphatic carbocycles. The number of ether oxygens (including phenoxy) is 1. The van der Waals surface area contributed by atoms with Crippen molar-refractivity contribution in [2.45, 2.75) is 11.3 Å². The van der Waals surface area contributed by atoms with E-state index in [1.165, 1.54) is 19.2 Å². The molecule has 1 aromatic heterocycles. The van der Waals surface area contributed by atoms with Gasteiger partial charge in [0.15, 0.2) is 9.84 Å². The molecule has 0 atom stereocenters. The summed E-state index contributed by atoms with van der Waals surface area (Å²) in [6, 6.07) is 17.5. The van der Waals surface area contributed by atoms with Crippen LogP contribution in [0.15, 0.2) is 76.2 Å². The number of aromatic nitrogens is 2. The zero-order valence-electron chi connectivity index (χ0n) is 18.6. The predicted molar refractivity (Wildman–Crippen MR) is 140 cm³/mol. The minimum atomic E-state index is -3.66. The topological polar surface area (TPSA) is 78.3 Å². The lowest BCUT2D eigenvalue weighted by Gasteiger charge is -2.12. The molecule has 0 N–H and O–H groups in total. The van der Waals surface area contributed by atoms with Crippen LogP contribution in [0.25, 0.3) is 16.9 Å². The standard InChI is InChI=1S/C25H19BrCl2N2O4S/c1-34-25(31)20-13-18(8-10-23(20)35(2,32)33)30-14-22(19-9-7-17(27)12-21(19)28)29-24(30)11-15-3-5-16(26)6-4-15/h3-10,12-14H,11H2,1-2H3. The highest BCUT2D eigenvalue weighted by Gasteiger charge is 2.22. The number of sulfone groups is 1. The zero-order chi connectivity index (χ0) is 25.3. The van der Waals surface area contributed by atoms with Crippen LogP contribution in [0.3, 0.4) is 0 Å². The summed E-state index contributed by atoms with van der Waals surface area (Å²) in [7, 11) is -2.45. The van der Waals surface area contributed by atoms with Gasteiger partial charge >= 0.3 is 5.97 Å². The molecule has 1 heterocycles. The number of hydrogen-bond donors (Lipinski definition) is 0. The molecule has 10 heteroatoms. The van der Waals surface area contributed by atoms with E-state index in [4.69, 9.17) is 32.9 Å². The van der Waals surface area contributed by atoms with Crippen LogP contribution >= 0.6 is 39.1 Å². The van der Waals surface area contributed by atoms with E-state index in [1.54, 1.807) is 35.0 Å². The number of nitrogens with zero attached hydrogens (tertiary/aromatic N) is 2. The third-order valence-electron chi connectivity index (χ3n) is 5.31. The van der Waals surface area contributed by atoms with Gasteiger partial charge in [0, 0.05) is 39.6 Å². The largest absolute Gasteiger partial charge is 0.465 e. The van der Waals surface area contributed by atoms with E-state index < -0.39 is 15.8 Å². The number of benzene rings is 3. The van der Waals surface area contributed by atoms with E-state index in [2.05, 4.69) is 15.9 Å². The van der Waals surface area contributed by atoms with Crippen LogP contribution < -0.4 is 0 Å². The van der Waals surface area contributed by atoms with Crippen molar-refractivity contribution in [2.75, 3.05) is 13.4 Å². The van der Waals surface area contributed by atoms with E-state index in [9.17, 15) is 13.2 Å². The SMILES string of the molecule is COC(=O)c1cc(-n2cc(-c3ccc(Cl)cc3Cl)nc2Cc2ccc(Br)cc2)ccc1S(C)(=O)=O. The lowest BCUT2D eigenvalue weighted by Crippen LogP contribution is -2.11. The average molecular weight is 594 g/mol. The van der Waals surface area contributed by atoms with E-state index in [0.29, 0.717) is 39.2 Å². The molecule has 6 nitrogen and oxygen atoms in total. The van der Waals surface area contributed by atoms with Gasteiger partial charge in [-0.2, -0.15) is 0 Å². The van der Waals surface area contributed by atoms with Gasteiger partial charge in [-0.25, -0.2) is 18.2 Å². The first-order valence-electron chi connectivity index (χ1n) is 10.3. The third-order valence-corrected chi connectivity index (χ3v) is 7.54. The zero-order valence-corrected chi connectivity index (χ0v) is 22.5. The maximum Gasteiger partial charge on any atom is 0.339 e. The van der Waals surface area contributed by atoms with Gasteiger partial charge in [0.2, 0.25) is 0 Å². The second-order valence-corrected chi connectivity index (χ2v) is 11.5. The van der Waals surface area contributed by atoms with Gasteiger partial charge in [-0.05, 0) is 54.1 Å². The smallest absolute Gasteiger partial charge is 0.339 e. The Hall–Kier alpha value is -2.65. The molecule has 0 spiro atoms. The van der Waals surface area contributed by atoms with E-state index in [-0.39, 0.29) is 10.5 Å². The number of esters is 1. The maximum atomic E-state index is 12.4. The fourth-order valence-electron chi connectivity index (χ4n) is 3.64. The molecule has 4 rings (SSSR count). The Morgan fingerprint density at radius 3 is 2.40 bits per heavy atom. The Bertz CT molecular complexity index is 1530. The van der Waals surface area contributed by atoms with Crippen molar-refractivity contribution in [3.63, 3.8) is 0 Å². The van der Waals surface area contributed by atoms with Crippen molar-refractivity contribution in [1.82, 2.24) is 9.55 Å². The predicted octanol–water partition coefficient (Wildman–Crippen LogP) is 6.39. The Kier molecular flexibility index (Phi) is 7.38. The van der Waals surface area contributed by atoms with Crippen LogP contribution in [0.5, 0.6) is 0 Å². The molecule has 0 unspecified atom stereocenters. The first kappa shape index (κ1) is 25.4. The van der Waals surface area contributed by atoms with E-state index in [1.807, 2.05) is 24.3 Å². The number of carbonyl (C=O) groups excluding carboxylic acids is 1. The Morgan fingerprint density at radius 1 is 1.06 bits per heavy atom. The molecule has 0 saturated carbocycles. The summed E-state index contributed by atoms with van der Waals surface area (Å²) in [6.45, 7) is 0. The summed E-state index contributed by atoms with van der Waals surface area (Å²) in [4.78, 5) is 17.1. The van der Waals surface area contributed by atoms with Gasteiger partial charge in [-0.1, -0.05) is 51.3 Å². The highest BCUT2D eigenvalue weighted by atomic mass is 79.9. The van der Waals surface area contributed by atoms with Crippen LogP contribution in [0, 0.1) is 0 Å². The molecule has 3 aromatic carbocycles. The second kappa shape index (κ2) is 10.1. The van der Waals surface area contributed by atoms with Gasteiger partial charge in [0.05, 0.1) is 28.3 Å². The number of methoxy groups -OCH3 is 1. The molecule has 35 heavy (non-hydrogen) atoms. The number of hydrogen-bond acceptors (Lipinski definition) is 5. The highest BCUT2D eigenvalue weighted by molar-refractivity contribution is 9.10. The first-order chi connectivity index (χ1) is 16.6. The van der Waals surface area contributed by atoms with Gasteiger partial charge < -0.3 is 9.30 Å². The summed E-state index contributed by atoms with van der Waals surface area (Å²) in [6.07, 6.45) is 3.31. The van der Waals surface area contributed by atoms with E-state index in [0.717, 1.165) is 16.3 Å². The Morgan fingerprint density at radius 2 is 1.77 bits per heavy atom. The number of halogens is 3. The van der Waals surface area contributed by atoms with Crippen molar-refractivity contribution in [1.29, 1.82) is 0 Å². The lowest BCUT2D eigenvalue weighted by atomic mass is 10.1. The van der Waals surface area contributed by atoms with Gasteiger partial charge in [-0.15, -0.1) is 0 Å². The van der Waals surface area contributed by atoms with Crippen LogP contribution in [0.2, 0.25) is 10.0 Å². The van der Waals surface area contributed by atoms with Crippen LogP contribution in [0.4, 0.5) is 0 Å². The van der Waals surface area contributed by atoms with Crippen molar-refractivity contribution >= 4 is 54.9 Å². The van der Waals surface area contributed by atoms with Crippen LogP contribution in [0.1, 0.15) is 21.7 Å². The van der Waals surface area contributed by atoms with Crippen molar-refractivity contribution in [3.05, 3.63) is 98.3 Å². The summed E-state index contributed by atoms with van der Waals surface area (Å²) >= 11 is 15.9. The van der Waals surface area contributed by atoms with Gasteiger partial charge in [0.25, 0.3) is 0 Å². The molecular weight excluding hydrogens is 575 g/mol. The fraction of sp³-hybridized carbons (Fsp3) is 0.120. The lowest BCUT2D eigenvalue weighted by molar-refractivity contribution is 0.0596. The molecule has 0 fully saturated rings. The molecule has 0 aliphatic rings. The summed E-state index contributed by atoms with van der Waals surface area (Å²) in [5, 5.41) is 0.951. The molecule has 0 amide bonds. The van der Waals surface area contributed by atoms with Crippen LogP contribution in [-0.2, 0) is 21.0 Å². The normalized spacial score (nSPS) is 11.5. The van der Waals surface area contributed by atoms with Crippen molar-refractivity contribution < 1.29 is 17.9 Å². The number of imidazole rings is 1. The molecule has 0 aliphatic heterocycles. The number of rotatable bonds is 6. The molecule has 4 aromatic rings. The first-order valence-corrected chi connectivity index (χ1v) is 13.7. The maximum absolute atomic E-state index is 12.4. The molecule has 0 saturated heterocycles. The third kappa shape index (κ3) is 5.62.